The van der Waals surface area contributed by atoms with Crippen LogP contribution in [-0.2, 0) is 0 Å². The van der Waals surface area contributed by atoms with Crippen molar-refractivity contribution in [1.29, 1.82) is 0 Å². The lowest BCUT2D eigenvalue weighted by atomic mass is 9.57. The molecule has 7 aromatic carbocycles. The second-order valence-corrected chi connectivity index (χ2v) is 19.1. The van der Waals surface area contributed by atoms with E-state index in [2.05, 4.69) is 194 Å². The zero-order valence-electron chi connectivity index (χ0n) is 38.2. The summed E-state index contributed by atoms with van der Waals surface area (Å²) in [6, 6.07) is 25.3. The van der Waals surface area contributed by atoms with Gasteiger partial charge in [0.1, 0.15) is 118 Å². The van der Waals surface area contributed by atoms with Crippen LogP contribution in [0, 0.1) is 0 Å². The van der Waals surface area contributed by atoms with Crippen LogP contribution in [0.3, 0.4) is 0 Å². The molecule has 0 N–H and O–H groups in total. The van der Waals surface area contributed by atoms with E-state index in [0.29, 0.717) is 0 Å². The Balaban J connectivity index is 1.35. The highest BCUT2D eigenvalue weighted by Crippen LogP contribution is 2.40. The summed E-state index contributed by atoms with van der Waals surface area (Å²) < 4.78 is 7.97. The fourth-order valence-corrected chi connectivity index (χ4v) is 12.6. The van der Waals surface area contributed by atoms with Gasteiger partial charge in [-0.05, 0) is 46.8 Å². The third kappa shape index (κ3) is 5.03. The molecule has 0 aliphatic heterocycles. The van der Waals surface area contributed by atoms with Gasteiger partial charge in [-0.3, -0.25) is 0 Å². The molecule has 0 unspecified atom stereocenters. The van der Waals surface area contributed by atoms with E-state index in [0.717, 1.165) is 0 Å². The number of nitrogens with zero attached hydrogens (tertiary/aromatic N) is 2. The molecule has 18 heteroatoms. The zero-order valence-corrected chi connectivity index (χ0v) is 39.0. The SMILES string of the molecule is Bc1c(B)c(B)c(-c2c(B)c(B)c3sc4c(B)c(B)c(B)c(-n5c6ccccc6c6cc(-n7c8ccccc8c8c(B)c(B)c(B)c(B)c87)ccc65)c4c3c2B)c(B)c1B. The number of benzene rings is 7. The lowest BCUT2D eigenvalue weighted by Gasteiger charge is -2.25. The number of hydrogen-bond donors (Lipinski definition) is 0. The first-order valence-electron chi connectivity index (χ1n) is 21.6. The number of aromatic nitrogens is 2. The molecule has 270 valence electrons. The van der Waals surface area contributed by atoms with Crippen LogP contribution in [0.4, 0.5) is 0 Å². The number of fused-ring (bicyclic) bond motifs is 9. The second-order valence-electron chi connectivity index (χ2n) is 18.1. The van der Waals surface area contributed by atoms with Crippen LogP contribution < -0.4 is 81.9 Å². The molecule has 2 nitrogen and oxygen atoms in total. The molecule has 0 aliphatic rings. The summed E-state index contributed by atoms with van der Waals surface area (Å²) in [5.74, 6) is 0. The number of thiophene rings is 1. The fraction of sp³-hybridized carbons (Fsp3) is 0. The lowest BCUT2D eigenvalue weighted by Crippen LogP contribution is -2.56. The summed E-state index contributed by atoms with van der Waals surface area (Å²) in [6.07, 6.45) is 0. The Morgan fingerprint density at radius 3 is 1.47 bits per heavy atom. The van der Waals surface area contributed by atoms with Gasteiger partial charge in [0.15, 0.2) is 0 Å². The maximum Gasteiger partial charge on any atom is 0.141 e. The molecule has 60 heavy (non-hydrogen) atoms. The van der Waals surface area contributed by atoms with E-state index in [1.165, 1.54) is 168 Å². The van der Waals surface area contributed by atoms with Gasteiger partial charge in [0.2, 0.25) is 0 Å². The summed E-state index contributed by atoms with van der Waals surface area (Å²) in [6.45, 7) is 0. The molecule has 0 saturated heterocycles. The molecule has 3 heterocycles. The van der Waals surface area contributed by atoms with Crippen molar-refractivity contribution in [2.24, 2.45) is 0 Å². The normalized spacial score (nSPS) is 12.0. The summed E-state index contributed by atoms with van der Waals surface area (Å²) in [5, 5.41) is 8.04. The molecular weight excluding hydrogens is 727 g/mol. The first-order chi connectivity index (χ1) is 28.6. The van der Waals surface area contributed by atoms with E-state index in [9.17, 15) is 0 Å². The van der Waals surface area contributed by atoms with Crippen molar-refractivity contribution in [3.05, 3.63) is 66.7 Å². The Morgan fingerprint density at radius 2 is 0.800 bits per heavy atom. The molecular formula is C42H41B15N2S. The van der Waals surface area contributed by atoms with E-state index in [1.807, 2.05) is 11.3 Å². The molecule has 3 aromatic heterocycles. The van der Waals surface area contributed by atoms with Crippen molar-refractivity contribution in [2.75, 3.05) is 0 Å². The summed E-state index contributed by atoms with van der Waals surface area (Å²) in [7, 11) is 35.0. The minimum Gasteiger partial charge on any atom is -0.310 e. The lowest BCUT2D eigenvalue weighted by molar-refractivity contribution is 1.18. The van der Waals surface area contributed by atoms with Crippen LogP contribution >= 0.6 is 11.3 Å². The summed E-state index contributed by atoms with van der Waals surface area (Å²) in [5.41, 5.74) is 31.2. The molecule has 0 fully saturated rings. The highest BCUT2D eigenvalue weighted by Gasteiger charge is 2.27. The van der Waals surface area contributed by atoms with Crippen LogP contribution in [0.2, 0.25) is 0 Å². The van der Waals surface area contributed by atoms with Gasteiger partial charge in [-0.15, -0.1) is 33.2 Å². The van der Waals surface area contributed by atoms with Gasteiger partial charge < -0.3 is 9.13 Å². The molecule has 0 saturated carbocycles. The van der Waals surface area contributed by atoms with Gasteiger partial charge >= 0.3 is 0 Å². The van der Waals surface area contributed by atoms with Gasteiger partial charge in [0.05, 0.1) is 16.6 Å². The largest absolute Gasteiger partial charge is 0.310 e. The molecule has 0 aliphatic carbocycles. The van der Waals surface area contributed by atoms with E-state index >= 15 is 0 Å². The zero-order chi connectivity index (χ0) is 42.5. The molecule has 0 radical (unpaired) electrons. The third-order valence-electron chi connectivity index (χ3n) is 15.7. The van der Waals surface area contributed by atoms with Crippen LogP contribution in [-0.4, -0.2) is 127 Å². The Morgan fingerprint density at radius 1 is 0.333 bits per heavy atom. The first kappa shape index (κ1) is 39.5. The van der Waals surface area contributed by atoms with Gasteiger partial charge in [0, 0.05) is 53.2 Å². The van der Waals surface area contributed by atoms with Crippen LogP contribution in [0.15, 0.2) is 66.7 Å². The molecule has 0 amide bonds. The van der Waals surface area contributed by atoms with Gasteiger partial charge in [-0.2, -0.15) is 0 Å². The first-order valence-corrected chi connectivity index (χ1v) is 22.5. The molecule has 10 aromatic rings. The van der Waals surface area contributed by atoms with E-state index in [4.69, 9.17) is 0 Å². The van der Waals surface area contributed by atoms with Crippen LogP contribution in [0.1, 0.15) is 0 Å². The van der Waals surface area contributed by atoms with Gasteiger partial charge in [0.25, 0.3) is 0 Å². The van der Waals surface area contributed by atoms with Crippen molar-refractivity contribution in [1.82, 2.24) is 9.13 Å². The monoisotopic (exact) mass is 770 g/mol. The van der Waals surface area contributed by atoms with Crippen molar-refractivity contribution in [3.8, 4) is 22.5 Å². The topological polar surface area (TPSA) is 9.86 Å². The van der Waals surface area contributed by atoms with Crippen LogP contribution in [0.5, 0.6) is 0 Å². The predicted octanol–water partition coefficient (Wildman–Crippen LogP) is -14.2. The van der Waals surface area contributed by atoms with Gasteiger partial charge in [-0.1, -0.05) is 96.5 Å². The van der Waals surface area contributed by atoms with E-state index < -0.39 is 0 Å². The number of rotatable bonds is 3. The minimum atomic E-state index is 1.20. The third-order valence-corrected chi connectivity index (χ3v) is 17.1. The standard InChI is InChI=1S/C42H41B15N2S/c43-24-20(21-26(45)30(49)32(51)31(50)27(21)46)28(47)37(56)41-22(24)23-40(36(55)34(53)38(57)42(23)60-41)59-16-7-3-1-5-13(16)15-11-12(9-10-18(15)59)58-17-8-4-2-6-14(17)19-25(44)29(48)33(52)35(54)39(19)58/h1-11H,43-57H2. The Hall–Kier alpha value is -4.67. The highest BCUT2D eigenvalue weighted by atomic mass is 32.1. The van der Waals surface area contributed by atoms with Gasteiger partial charge in [-0.25, -0.2) is 0 Å². The molecule has 10 rings (SSSR count). The van der Waals surface area contributed by atoms with Crippen molar-refractivity contribution >= 4 is 275 Å². The second kappa shape index (κ2) is 13.7. The Bertz CT molecular complexity index is 3590. The fourth-order valence-electron chi connectivity index (χ4n) is 11.2. The average molecular weight is 768 g/mol. The Kier molecular flexibility index (Phi) is 8.99. The predicted molar refractivity (Wildman–Crippen MR) is 316 cm³/mol. The summed E-state index contributed by atoms with van der Waals surface area (Å²) >= 11 is 2.00. The summed E-state index contributed by atoms with van der Waals surface area (Å²) in [4.78, 5) is 0. The van der Waals surface area contributed by atoms with E-state index in [-0.39, 0.29) is 0 Å². The van der Waals surface area contributed by atoms with Crippen LogP contribution in [0.25, 0.3) is 86.3 Å². The average Bonchev–Trinajstić information content (AvgIpc) is 3.92. The van der Waals surface area contributed by atoms with Crippen molar-refractivity contribution in [2.45, 2.75) is 0 Å². The maximum absolute atomic E-state index is 2.62. The minimum absolute atomic E-state index is 1.20. The molecule has 0 bridgehead atoms. The number of para-hydroxylation sites is 2. The maximum atomic E-state index is 2.62. The molecule has 0 spiro atoms. The van der Waals surface area contributed by atoms with E-state index in [1.54, 1.807) is 0 Å². The Labute approximate surface area is 370 Å². The van der Waals surface area contributed by atoms with Crippen molar-refractivity contribution in [3.63, 3.8) is 0 Å². The number of hydrogen-bond acceptors (Lipinski definition) is 1. The smallest absolute Gasteiger partial charge is 0.141 e. The molecule has 0 atom stereocenters. The quantitative estimate of drug-likeness (QED) is 0.159. The van der Waals surface area contributed by atoms with Crippen molar-refractivity contribution < 1.29 is 0 Å². The highest BCUT2D eigenvalue weighted by molar-refractivity contribution is 7.28.